The van der Waals surface area contributed by atoms with E-state index in [9.17, 15) is 0 Å². The predicted molar refractivity (Wildman–Crippen MR) is 61.1 cm³/mol. The Morgan fingerprint density at radius 2 is 1.94 bits per heavy atom. The third-order valence-corrected chi connectivity index (χ3v) is 3.61. The summed E-state index contributed by atoms with van der Waals surface area (Å²) in [7, 11) is 1.73. The normalized spacial score (nSPS) is 36.6. The third-order valence-electron chi connectivity index (χ3n) is 3.61. The molecule has 2 unspecified atom stereocenters. The van der Waals surface area contributed by atoms with Crippen LogP contribution in [-0.4, -0.2) is 48.7 Å². The first kappa shape index (κ1) is 12.3. The highest BCUT2D eigenvalue weighted by Gasteiger charge is 2.53. The molecule has 0 N–H and O–H groups in total. The molecule has 2 heterocycles. The van der Waals surface area contributed by atoms with Gasteiger partial charge in [-0.25, -0.2) is 0 Å². The van der Waals surface area contributed by atoms with Gasteiger partial charge in [0.2, 0.25) is 0 Å². The first-order valence-corrected chi connectivity index (χ1v) is 5.95. The van der Waals surface area contributed by atoms with Crippen molar-refractivity contribution >= 4 is 0 Å². The maximum Gasteiger partial charge on any atom is 0.104 e. The summed E-state index contributed by atoms with van der Waals surface area (Å²) < 4.78 is 11.1. The van der Waals surface area contributed by atoms with Gasteiger partial charge in [-0.3, -0.25) is 0 Å². The average molecular weight is 229 g/mol. The van der Waals surface area contributed by atoms with Crippen molar-refractivity contribution < 1.29 is 14.3 Å². The number of hydrogen-bond donors (Lipinski definition) is 0. The Bertz CT molecular complexity index is 261. The Labute approximate surface area is 97.8 Å². The Morgan fingerprint density at radius 1 is 1.31 bits per heavy atom. The number of epoxide rings is 1. The van der Waals surface area contributed by atoms with Crippen molar-refractivity contribution in [3.63, 3.8) is 0 Å². The van der Waals surface area contributed by atoms with E-state index >= 15 is 0 Å². The molecule has 0 saturated carbocycles. The lowest BCUT2D eigenvalue weighted by atomic mass is 9.97. The summed E-state index contributed by atoms with van der Waals surface area (Å²) >= 11 is 0. The predicted octanol–water partition coefficient (Wildman–Crippen LogP) is 1.59. The van der Waals surface area contributed by atoms with E-state index in [0.29, 0.717) is 12.7 Å². The van der Waals surface area contributed by atoms with Gasteiger partial charge in [0.05, 0.1) is 32.0 Å². The minimum absolute atomic E-state index is 0.0212. The molecule has 4 heteroatoms. The molecule has 2 atom stereocenters. The van der Waals surface area contributed by atoms with E-state index in [-0.39, 0.29) is 17.2 Å². The monoisotopic (exact) mass is 229 g/mol. The highest BCUT2D eigenvalue weighted by Crippen LogP contribution is 2.42. The number of ether oxygens (including phenoxy) is 2. The van der Waals surface area contributed by atoms with E-state index in [1.807, 2.05) is 0 Å². The van der Waals surface area contributed by atoms with Crippen LogP contribution in [-0.2, 0) is 14.3 Å². The first-order chi connectivity index (χ1) is 7.38. The zero-order chi connectivity index (χ0) is 12.0. The molecular weight excluding hydrogens is 206 g/mol. The highest BCUT2D eigenvalue weighted by molar-refractivity contribution is 5.03. The fraction of sp³-hybridized carbons (Fsp3) is 1.00. The number of hydroxylamine groups is 2. The molecule has 2 aliphatic rings. The van der Waals surface area contributed by atoms with Gasteiger partial charge in [0.25, 0.3) is 0 Å². The van der Waals surface area contributed by atoms with Crippen molar-refractivity contribution in [2.75, 3.05) is 20.3 Å². The third kappa shape index (κ3) is 2.12. The molecule has 2 fully saturated rings. The van der Waals surface area contributed by atoms with Gasteiger partial charge in [0, 0.05) is 5.54 Å². The van der Waals surface area contributed by atoms with Gasteiger partial charge in [-0.2, -0.15) is 5.06 Å². The van der Waals surface area contributed by atoms with Crippen LogP contribution in [0.4, 0.5) is 0 Å². The summed E-state index contributed by atoms with van der Waals surface area (Å²) in [5.74, 6) is 0. The van der Waals surface area contributed by atoms with Gasteiger partial charge in [-0.1, -0.05) is 0 Å². The zero-order valence-electron chi connectivity index (χ0n) is 10.9. The second-order valence-electron chi connectivity index (χ2n) is 5.92. The molecule has 0 spiro atoms. The summed E-state index contributed by atoms with van der Waals surface area (Å²) in [6, 6.07) is 0. The molecule has 0 aliphatic carbocycles. The Balaban J connectivity index is 2.02. The molecule has 0 aromatic heterocycles. The van der Waals surface area contributed by atoms with E-state index in [0.717, 1.165) is 13.0 Å². The van der Waals surface area contributed by atoms with E-state index < -0.39 is 0 Å². The number of rotatable bonds is 4. The van der Waals surface area contributed by atoms with Crippen LogP contribution in [0.1, 0.15) is 34.1 Å². The van der Waals surface area contributed by atoms with Crippen molar-refractivity contribution in [1.29, 1.82) is 0 Å². The Hall–Kier alpha value is -0.160. The zero-order valence-corrected chi connectivity index (χ0v) is 10.9. The fourth-order valence-corrected chi connectivity index (χ4v) is 2.83. The van der Waals surface area contributed by atoms with Gasteiger partial charge in [0.15, 0.2) is 0 Å². The summed E-state index contributed by atoms with van der Waals surface area (Å²) in [6.07, 6.45) is 1.52. The molecule has 0 amide bonds. The fourth-order valence-electron chi connectivity index (χ4n) is 2.83. The van der Waals surface area contributed by atoms with Crippen LogP contribution < -0.4 is 0 Å². The standard InChI is InChI=1S/C12H23NO3/c1-11(2)6-10(16-8-9-7-15-9)12(3,4)13(11)14-5/h9-10H,6-8H2,1-5H3. The molecular formula is C12H23NO3. The molecule has 94 valence electrons. The molecule has 0 aromatic carbocycles. The first-order valence-electron chi connectivity index (χ1n) is 5.95. The van der Waals surface area contributed by atoms with E-state index in [2.05, 4.69) is 32.8 Å². The lowest BCUT2D eigenvalue weighted by molar-refractivity contribution is -0.229. The van der Waals surface area contributed by atoms with Crippen LogP contribution in [0.25, 0.3) is 0 Å². The van der Waals surface area contributed by atoms with E-state index in [4.69, 9.17) is 14.3 Å². The average Bonchev–Trinajstić information content (AvgIpc) is 2.92. The van der Waals surface area contributed by atoms with Gasteiger partial charge in [-0.15, -0.1) is 0 Å². The molecule has 0 aromatic rings. The second-order valence-corrected chi connectivity index (χ2v) is 5.92. The number of hydrogen-bond acceptors (Lipinski definition) is 4. The highest BCUT2D eigenvalue weighted by atomic mass is 16.7. The molecule has 2 saturated heterocycles. The smallest absolute Gasteiger partial charge is 0.104 e. The van der Waals surface area contributed by atoms with Gasteiger partial charge in [0.1, 0.15) is 6.10 Å². The van der Waals surface area contributed by atoms with Crippen molar-refractivity contribution in [3.8, 4) is 0 Å². The summed E-state index contributed by atoms with van der Waals surface area (Å²) in [4.78, 5) is 5.52. The Kier molecular flexibility index (Phi) is 3.03. The molecule has 2 aliphatic heterocycles. The van der Waals surface area contributed by atoms with Gasteiger partial charge in [-0.05, 0) is 34.1 Å². The summed E-state index contributed by atoms with van der Waals surface area (Å²) in [6.45, 7) is 10.3. The molecule has 0 radical (unpaired) electrons. The lowest BCUT2D eigenvalue weighted by Gasteiger charge is -2.38. The SMILES string of the molecule is CON1C(C)(C)CC(OCC2CO2)C1(C)C. The Morgan fingerprint density at radius 3 is 2.38 bits per heavy atom. The van der Waals surface area contributed by atoms with Crippen molar-refractivity contribution in [3.05, 3.63) is 0 Å². The van der Waals surface area contributed by atoms with Gasteiger partial charge >= 0.3 is 0 Å². The quantitative estimate of drug-likeness (QED) is 0.686. The molecule has 2 rings (SSSR count). The topological polar surface area (TPSA) is 34.2 Å². The van der Waals surface area contributed by atoms with Crippen molar-refractivity contribution in [1.82, 2.24) is 5.06 Å². The van der Waals surface area contributed by atoms with Gasteiger partial charge < -0.3 is 14.3 Å². The molecule has 16 heavy (non-hydrogen) atoms. The summed E-state index contributed by atoms with van der Waals surface area (Å²) in [5.41, 5.74) is -0.0690. The van der Waals surface area contributed by atoms with Crippen molar-refractivity contribution in [2.45, 2.75) is 57.4 Å². The van der Waals surface area contributed by atoms with Crippen LogP contribution in [0, 0.1) is 0 Å². The van der Waals surface area contributed by atoms with Crippen LogP contribution in [0.3, 0.4) is 0 Å². The molecule has 0 bridgehead atoms. The van der Waals surface area contributed by atoms with Crippen LogP contribution in [0.5, 0.6) is 0 Å². The van der Waals surface area contributed by atoms with Crippen LogP contribution >= 0.6 is 0 Å². The lowest BCUT2D eigenvalue weighted by Crippen LogP contribution is -2.50. The maximum atomic E-state index is 5.96. The minimum atomic E-state index is -0.0901. The van der Waals surface area contributed by atoms with Crippen LogP contribution in [0.15, 0.2) is 0 Å². The molecule has 4 nitrogen and oxygen atoms in total. The van der Waals surface area contributed by atoms with E-state index in [1.165, 1.54) is 0 Å². The maximum absolute atomic E-state index is 5.96. The number of nitrogens with zero attached hydrogens (tertiary/aromatic N) is 1. The minimum Gasteiger partial charge on any atom is -0.373 e. The second kappa shape index (κ2) is 3.95. The largest absolute Gasteiger partial charge is 0.373 e. The van der Waals surface area contributed by atoms with Crippen molar-refractivity contribution in [2.24, 2.45) is 0 Å². The summed E-state index contributed by atoms with van der Waals surface area (Å²) in [5, 5.41) is 2.05. The van der Waals surface area contributed by atoms with E-state index in [1.54, 1.807) is 7.11 Å². The van der Waals surface area contributed by atoms with Crippen LogP contribution in [0.2, 0.25) is 0 Å².